The second kappa shape index (κ2) is 20.9. The van der Waals surface area contributed by atoms with E-state index >= 15 is 0 Å². The summed E-state index contributed by atoms with van der Waals surface area (Å²) in [5, 5.41) is 23.7. The molecule has 18 heteroatoms. The fraction of sp³-hybridized carbons (Fsp3) is 0.667. The molecule has 12 atom stereocenters. The van der Waals surface area contributed by atoms with Gasteiger partial charge in [0.05, 0.1) is 43.3 Å². The molecule has 1 saturated heterocycles. The van der Waals surface area contributed by atoms with E-state index in [1.807, 2.05) is 38.9 Å². The van der Waals surface area contributed by atoms with Crippen LogP contribution in [0, 0.1) is 17.8 Å². The normalized spacial score (nSPS) is 35.6. The summed E-state index contributed by atoms with van der Waals surface area (Å²) in [6, 6.07) is 4.96. The molecule has 0 unspecified atom stereocenters. The first kappa shape index (κ1) is 49.4. The number of likely N-dealkylation sites (N-methyl/N-ethyl adjacent to an activating group) is 1. The fourth-order valence-electron chi connectivity index (χ4n) is 8.94. The average Bonchev–Trinajstić information content (AvgIpc) is 3.76. The van der Waals surface area contributed by atoms with E-state index in [0.717, 1.165) is 0 Å². The summed E-state index contributed by atoms with van der Waals surface area (Å²) in [5.74, 6) is -4.69. The topological polar surface area (TPSA) is 220 Å². The average molecular weight is 884 g/mol. The maximum Gasteiger partial charge on any atom is 0.316 e. The lowest BCUT2D eigenvalue weighted by Gasteiger charge is -2.48. The number of rotatable bonds is 10. The predicted octanol–water partition coefficient (Wildman–Crippen LogP) is 4.53. The molecule has 2 bridgehead atoms. The highest BCUT2D eigenvalue weighted by Gasteiger charge is 2.52. The number of esters is 2. The number of fused-ring (bicyclic) bond motifs is 4. The number of aromatic nitrogens is 2. The molecule has 3 aliphatic heterocycles. The Morgan fingerprint density at radius 2 is 1.81 bits per heavy atom. The number of ether oxygens (including phenoxy) is 6. The van der Waals surface area contributed by atoms with Crippen molar-refractivity contribution < 1.29 is 62.1 Å². The largest absolute Gasteiger partial charge is 0.459 e. The van der Waals surface area contributed by atoms with Crippen LogP contribution < -0.4 is 5.32 Å². The van der Waals surface area contributed by atoms with Gasteiger partial charge in [0.25, 0.3) is 0 Å². The van der Waals surface area contributed by atoms with Crippen LogP contribution in [0.4, 0.5) is 0 Å². The minimum Gasteiger partial charge on any atom is -0.459 e. The van der Waals surface area contributed by atoms with Gasteiger partial charge in [-0.3, -0.25) is 24.2 Å². The zero-order valence-corrected chi connectivity index (χ0v) is 38.5. The van der Waals surface area contributed by atoms with Gasteiger partial charge in [0.15, 0.2) is 23.9 Å². The van der Waals surface area contributed by atoms with E-state index in [4.69, 9.17) is 37.8 Å². The van der Waals surface area contributed by atoms with Gasteiger partial charge in [-0.05, 0) is 85.5 Å². The van der Waals surface area contributed by atoms with Crippen molar-refractivity contribution in [1.29, 1.82) is 0 Å². The first-order chi connectivity index (χ1) is 29.7. The predicted molar refractivity (Wildman–Crippen MR) is 227 cm³/mol. The molecular formula is C45H65N5O13. The number of carbonyl (C=O) groups excluding carboxylic acids is 4. The van der Waals surface area contributed by atoms with Crippen LogP contribution in [-0.2, 0) is 59.0 Å². The summed E-state index contributed by atoms with van der Waals surface area (Å²) in [4.78, 5) is 66.4. The standard InChI is InChI=1S/C45H65N5O13/c1-13-36-45(10,55)41-26(4)37(48-29(7)51)24(2)19-44(9,57-23-32(22-56-41)49-58-21-31-14-15-33(46-20-31)35-16-17-47-63-35)40(27(5)38(53)28(6)42(54)61-36)62-43-39(60-30(8)52)34(50(11)12)18-25(3)59-43/h14-17,20,24-25,27-28,34,36,39-41,43,55H,13,18-19,21-23H2,1-12H3,(H,48,51)/b37-26+,49-32?/t24-,25-,27+,28-,34+,36-,39-,40-,41-,43+,44-,45-/m1/s1. The van der Waals surface area contributed by atoms with E-state index in [9.17, 15) is 24.3 Å². The number of nitrogens with zero attached hydrogens (tertiary/aromatic N) is 4. The minimum atomic E-state index is -1.90. The number of pyridine rings is 1. The maximum atomic E-state index is 14.7. The first-order valence-electron chi connectivity index (χ1n) is 21.5. The van der Waals surface area contributed by atoms with Gasteiger partial charge in [-0.15, -0.1) is 0 Å². The molecule has 5 rings (SSSR count). The molecule has 2 aromatic rings. The van der Waals surface area contributed by atoms with Crippen molar-refractivity contribution in [1.82, 2.24) is 20.4 Å². The van der Waals surface area contributed by atoms with E-state index in [1.165, 1.54) is 33.9 Å². The molecule has 2 aromatic heterocycles. The molecule has 1 amide bonds. The van der Waals surface area contributed by atoms with Crippen molar-refractivity contribution in [3.8, 4) is 11.5 Å². The number of carbonyl (C=O) groups is 4. The van der Waals surface area contributed by atoms with Gasteiger partial charge >= 0.3 is 11.9 Å². The molecule has 0 radical (unpaired) electrons. The van der Waals surface area contributed by atoms with Crippen molar-refractivity contribution in [3.63, 3.8) is 0 Å². The quantitative estimate of drug-likeness (QED) is 0.190. The van der Waals surface area contributed by atoms with Crippen LogP contribution in [0.2, 0.25) is 0 Å². The van der Waals surface area contributed by atoms with Crippen molar-refractivity contribution in [2.24, 2.45) is 22.9 Å². The number of nitrogens with one attached hydrogen (secondary N) is 1. The zero-order chi connectivity index (χ0) is 46.4. The SMILES string of the molecule is CC[C@H]1OC(=O)[C@H](C)C(=O)[C@H](C)[C@@H](O[C@@H]2O[C@H](C)C[C@H](N(C)C)[C@H]2OC(C)=O)[C@@]2(C)C[C@@H](C)/C(NC(C)=O)=C(/C)[C@@H](OCC(=NOCc3ccc(-c4ccno4)nc3)CO2)[C@]1(C)O. The number of allylic oxidation sites excluding steroid dienone is 1. The first-order valence-corrected chi connectivity index (χ1v) is 21.5. The van der Waals surface area contributed by atoms with Crippen LogP contribution in [0.1, 0.15) is 94.1 Å². The van der Waals surface area contributed by atoms with Gasteiger partial charge in [0.2, 0.25) is 5.91 Å². The molecule has 1 fully saturated rings. The third kappa shape index (κ3) is 11.8. The van der Waals surface area contributed by atoms with Gasteiger partial charge in [-0.1, -0.05) is 37.1 Å². The monoisotopic (exact) mass is 883 g/mol. The molecule has 0 saturated carbocycles. The molecule has 63 heavy (non-hydrogen) atoms. The van der Waals surface area contributed by atoms with Crippen molar-refractivity contribution in [2.45, 2.75) is 149 Å². The van der Waals surface area contributed by atoms with Crippen LogP contribution in [0.15, 0.2) is 51.5 Å². The molecule has 0 aromatic carbocycles. The molecule has 348 valence electrons. The molecule has 0 aliphatic carbocycles. The van der Waals surface area contributed by atoms with Crippen LogP contribution in [0.3, 0.4) is 0 Å². The van der Waals surface area contributed by atoms with Crippen LogP contribution in [0.5, 0.6) is 0 Å². The highest BCUT2D eigenvalue weighted by molar-refractivity contribution is 6.00. The second-order valence-corrected chi connectivity index (χ2v) is 17.7. The number of aliphatic hydroxyl groups is 1. The molecule has 5 heterocycles. The Hall–Kier alpha value is -4.59. The smallest absolute Gasteiger partial charge is 0.316 e. The Balaban J connectivity index is 1.67. The van der Waals surface area contributed by atoms with E-state index < -0.39 is 77.4 Å². The van der Waals surface area contributed by atoms with Gasteiger partial charge in [-0.25, -0.2) is 0 Å². The Labute approximate surface area is 369 Å². The highest BCUT2D eigenvalue weighted by Crippen LogP contribution is 2.41. The van der Waals surface area contributed by atoms with E-state index in [-0.39, 0.29) is 56.4 Å². The summed E-state index contributed by atoms with van der Waals surface area (Å²) >= 11 is 0. The molecule has 0 spiro atoms. The number of hydrogen-bond acceptors (Lipinski definition) is 17. The van der Waals surface area contributed by atoms with E-state index in [2.05, 4.69) is 20.6 Å². The zero-order valence-electron chi connectivity index (χ0n) is 38.5. The Kier molecular flexibility index (Phi) is 16.4. The molecule has 18 nitrogen and oxygen atoms in total. The fourth-order valence-corrected chi connectivity index (χ4v) is 8.94. The second-order valence-electron chi connectivity index (χ2n) is 17.7. The molecule has 2 N–H and O–H groups in total. The third-order valence-corrected chi connectivity index (χ3v) is 12.2. The highest BCUT2D eigenvalue weighted by atomic mass is 16.7. The van der Waals surface area contributed by atoms with Crippen molar-refractivity contribution >= 4 is 29.3 Å². The van der Waals surface area contributed by atoms with Gasteiger partial charge < -0.3 is 53.1 Å². The Bertz CT molecular complexity index is 1970. The number of hydrogen-bond donors (Lipinski definition) is 2. The third-order valence-electron chi connectivity index (χ3n) is 12.2. The van der Waals surface area contributed by atoms with Crippen LogP contribution in [-0.4, -0.2) is 131 Å². The molecular weight excluding hydrogens is 819 g/mol. The van der Waals surface area contributed by atoms with Gasteiger partial charge in [0.1, 0.15) is 41.7 Å². The van der Waals surface area contributed by atoms with Crippen LogP contribution >= 0.6 is 0 Å². The van der Waals surface area contributed by atoms with Crippen molar-refractivity contribution in [3.05, 3.63) is 47.4 Å². The Morgan fingerprint density at radius 1 is 1.08 bits per heavy atom. The summed E-state index contributed by atoms with van der Waals surface area (Å²) in [7, 11) is 3.74. The van der Waals surface area contributed by atoms with Crippen LogP contribution in [0.25, 0.3) is 11.5 Å². The summed E-state index contributed by atoms with van der Waals surface area (Å²) in [6.45, 7) is 15.9. The van der Waals surface area contributed by atoms with Crippen molar-refractivity contribution in [2.75, 3.05) is 27.3 Å². The summed E-state index contributed by atoms with van der Waals surface area (Å²) in [6.07, 6.45) is -2.04. The lowest BCUT2D eigenvalue weighted by Crippen LogP contribution is -2.60. The van der Waals surface area contributed by atoms with E-state index in [0.29, 0.717) is 34.7 Å². The van der Waals surface area contributed by atoms with Gasteiger partial charge in [-0.2, -0.15) is 0 Å². The minimum absolute atomic E-state index is 0.0129. The number of Topliss-reactive ketones (excluding diaryl/α,β-unsaturated/α-hetero) is 1. The lowest BCUT2D eigenvalue weighted by atomic mass is 9.76. The number of cyclic esters (lactones) is 1. The number of amides is 1. The van der Waals surface area contributed by atoms with Gasteiger partial charge in [0, 0.05) is 43.3 Å². The van der Waals surface area contributed by atoms with E-state index in [1.54, 1.807) is 46.0 Å². The lowest BCUT2D eigenvalue weighted by molar-refractivity contribution is -0.298. The summed E-state index contributed by atoms with van der Waals surface area (Å²) < 4.78 is 44.0. The number of oxime groups is 1. The summed E-state index contributed by atoms with van der Waals surface area (Å²) in [5.41, 5.74) is -0.911. The molecule has 3 aliphatic rings. The Morgan fingerprint density at radius 3 is 2.41 bits per heavy atom. The maximum absolute atomic E-state index is 14.7. The number of ketones is 1.